The molecule has 4 aromatic rings. The molecule has 2 aromatic heterocycles. The maximum absolute atomic E-state index is 13.2. The van der Waals surface area contributed by atoms with Gasteiger partial charge in [-0.3, -0.25) is 14.5 Å². The van der Waals surface area contributed by atoms with Crippen LogP contribution in [0.5, 0.6) is 0 Å². The fraction of sp³-hybridized carbons (Fsp3) is 0.111. The molecule has 10 heteroatoms. The number of hydrogen-bond donors (Lipinski definition) is 1. The van der Waals surface area contributed by atoms with E-state index in [1.807, 2.05) is 42.5 Å². The first-order chi connectivity index (χ1) is 18.0. The summed E-state index contributed by atoms with van der Waals surface area (Å²) in [6.45, 7) is 0.184. The van der Waals surface area contributed by atoms with Gasteiger partial charge in [0.15, 0.2) is 5.17 Å². The molecule has 1 atom stereocenters. The average molecular weight is 533 g/mol. The third-order valence-electron chi connectivity index (χ3n) is 5.41. The number of rotatable bonds is 8. The summed E-state index contributed by atoms with van der Waals surface area (Å²) in [6.07, 6.45) is 3.00. The monoisotopic (exact) mass is 532 g/mol. The van der Waals surface area contributed by atoms with Gasteiger partial charge in [-0.2, -0.15) is 5.10 Å². The number of hydrogen-bond acceptors (Lipinski definition) is 7. The first-order valence-corrected chi connectivity index (χ1v) is 12.6. The van der Waals surface area contributed by atoms with Gasteiger partial charge in [-0.1, -0.05) is 53.7 Å². The van der Waals surface area contributed by atoms with Crippen LogP contribution in [-0.4, -0.2) is 33.3 Å². The summed E-state index contributed by atoms with van der Waals surface area (Å²) in [4.78, 5) is 27.2. The van der Waals surface area contributed by atoms with Crippen molar-refractivity contribution >= 4 is 52.2 Å². The van der Waals surface area contributed by atoms with Gasteiger partial charge in [0.25, 0.3) is 0 Å². The number of benzene rings is 2. The van der Waals surface area contributed by atoms with E-state index in [1.54, 1.807) is 36.4 Å². The van der Waals surface area contributed by atoms with Gasteiger partial charge in [0.2, 0.25) is 11.8 Å². The smallest absolute Gasteiger partial charge is 0.243 e. The van der Waals surface area contributed by atoms with Crippen LogP contribution in [0.1, 0.15) is 17.9 Å². The Balaban J connectivity index is 1.30. The molecule has 1 aliphatic rings. The Hall–Kier alpha value is -4.08. The molecule has 1 N–H and O–H groups in total. The number of amidine groups is 1. The fourth-order valence-corrected chi connectivity index (χ4v) is 4.96. The van der Waals surface area contributed by atoms with Crippen LogP contribution in [-0.2, 0) is 16.1 Å². The molecule has 5 rings (SSSR count). The maximum atomic E-state index is 13.2. The van der Waals surface area contributed by atoms with Gasteiger partial charge >= 0.3 is 0 Å². The molecule has 0 spiro atoms. The van der Waals surface area contributed by atoms with E-state index in [-0.39, 0.29) is 24.8 Å². The number of amides is 2. The lowest BCUT2D eigenvalue weighted by Crippen LogP contribution is -2.33. The van der Waals surface area contributed by atoms with Gasteiger partial charge in [-0.05, 0) is 48.5 Å². The highest BCUT2D eigenvalue weighted by Crippen LogP contribution is 2.31. The van der Waals surface area contributed by atoms with Crippen molar-refractivity contribution in [2.24, 2.45) is 10.2 Å². The molecule has 37 heavy (non-hydrogen) atoms. The molecule has 0 saturated carbocycles. The minimum atomic E-state index is -0.634. The Bertz CT molecular complexity index is 1450. The van der Waals surface area contributed by atoms with Crippen molar-refractivity contribution in [3.63, 3.8) is 0 Å². The SMILES string of the molecule is O=C(CC1S/C(=N\N=C\c2ccc(-c3cccc(Cl)c3)o2)N(Cc2ccco2)C1=O)Nc1ccccc1. The van der Waals surface area contributed by atoms with E-state index in [4.69, 9.17) is 20.4 Å². The number of nitrogens with zero attached hydrogens (tertiary/aromatic N) is 3. The first kappa shape index (κ1) is 24.6. The fourth-order valence-electron chi connectivity index (χ4n) is 3.68. The Morgan fingerprint density at radius 1 is 1.08 bits per heavy atom. The van der Waals surface area contributed by atoms with Crippen molar-refractivity contribution in [2.75, 3.05) is 5.32 Å². The minimum absolute atomic E-state index is 0.00301. The third-order valence-corrected chi connectivity index (χ3v) is 6.81. The number of halogens is 1. The highest BCUT2D eigenvalue weighted by molar-refractivity contribution is 8.15. The lowest BCUT2D eigenvalue weighted by molar-refractivity contribution is -0.128. The van der Waals surface area contributed by atoms with Gasteiger partial charge in [0, 0.05) is 22.7 Å². The second-order valence-electron chi connectivity index (χ2n) is 8.07. The van der Waals surface area contributed by atoms with Crippen molar-refractivity contribution < 1.29 is 18.4 Å². The molecule has 3 heterocycles. The van der Waals surface area contributed by atoms with Crippen molar-refractivity contribution in [3.05, 3.63) is 102 Å². The van der Waals surface area contributed by atoms with Crippen LogP contribution in [0.15, 0.2) is 104 Å². The summed E-state index contributed by atoms with van der Waals surface area (Å²) in [6, 6.07) is 23.6. The Labute approximate surface area is 222 Å². The predicted octanol–water partition coefficient (Wildman–Crippen LogP) is 6.06. The second kappa shape index (κ2) is 11.3. The van der Waals surface area contributed by atoms with Crippen molar-refractivity contribution in [3.8, 4) is 11.3 Å². The number of furan rings is 2. The predicted molar refractivity (Wildman–Crippen MR) is 145 cm³/mol. The number of nitrogens with one attached hydrogen (secondary N) is 1. The lowest BCUT2D eigenvalue weighted by atomic mass is 10.2. The molecule has 0 aliphatic carbocycles. The van der Waals surface area contributed by atoms with E-state index >= 15 is 0 Å². The Morgan fingerprint density at radius 3 is 2.73 bits per heavy atom. The summed E-state index contributed by atoms with van der Waals surface area (Å²) >= 11 is 7.26. The third kappa shape index (κ3) is 6.19. The molecule has 8 nitrogen and oxygen atoms in total. The van der Waals surface area contributed by atoms with Gasteiger partial charge in [-0.15, -0.1) is 5.10 Å². The molecule has 186 valence electrons. The zero-order chi connectivity index (χ0) is 25.6. The van der Waals surface area contributed by atoms with Crippen LogP contribution in [0.3, 0.4) is 0 Å². The molecule has 2 amide bonds. The van der Waals surface area contributed by atoms with Gasteiger partial charge in [-0.25, -0.2) is 0 Å². The van der Waals surface area contributed by atoms with E-state index in [2.05, 4.69) is 15.5 Å². The molecule has 0 radical (unpaired) electrons. The van der Waals surface area contributed by atoms with Crippen LogP contribution >= 0.6 is 23.4 Å². The van der Waals surface area contributed by atoms with E-state index in [1.165, 1.54) is 29.1 Å². The van der Waals surface area contributed by atoms with Crippen molar-refractivity contribution in [1.29, 1.82) is 0 Å². The van der Waals surface area contributed by atoms with E-state index < -0.39 is 5.25 Å². The van der Waals surface area contributed by atoms with E-state index in [0.717, 1.165) is 5.56 Å². The summed E-state index contributed by atoms with van der Waals surface area (Å²) in [5.74, 6) is 1.23. The second-order valence-corrected chi connectivity index (χ2v) is 9.67. The lowest BCUT2D eigenvalue weighted by Gasteiger charge is -2.14. The maximum Gasteiger partial charge on any atom is 0.243 e. The van der Waals surface area contributed by atoms with Gasteiger partial charge in [0.05, 0.1) is 19.0 Å². The number of carbonyl (C=O) groups is 2. The van der Waals surface area contributed by atoms with E-state index in [9.17, 15) is 9.59 Å². The minimum Gasteiger partial charge on any atom is -0.467 e. The zero-order valence-corrected chi connectivity index (χ0v) is 21.0. The topological polar surface area (TPSA) is 100 Å². The Morgan fingerprint density at radius 2 is 1.95 bits per heavy atom. The molecule has 2 aromatic carbocycles. The summed E-state index contributed by atoms with van der Waals surface area (Å²) < 4.78 is 11.2. The van der Waals surface area contributed by atoms with Crippen molar-refractivity contribution in [2.45, 2.75) is 18.2 Å². The summed E-state index contributed by atoms with van der Waals surface area (Å²) in [5, 5.41) is 11.6. The molecule has 0 bridgehead atoms. The number of carbonyl (C=O) groups excluding carboxylic acids is 2. The van der Waals surface area contributed by atoms with Crippen LogP contribution in [0.2, 0.25) is 5.02 Å². The first-order valence-electron chi connectivity index (χ1n) is 11.4. The molecule has 1 aliphatic heterocycles. The molecular formula is C27H21ClN4O4S. The summed E-state index contributed by atoms with van der Waals surface area (Å²) in [5.41, 5.74) is 1.51. The number of thioether (sulfide) groups is 1. The average Bonchev–Trinajstić information content (AvgIpc) is 3.64. The van der Waals surface area contributed by atoms with Crippen LogP contribution < -0.4 is 5.32 Å². The van der Waals surface area contributed by atoms with E-state index in [0.29, 0.717) is 33.2 Å². The number of para-hydroxylation sites is 1. The van der Waals surface area contributed by atoms with Crippen LogP contribution in [0.25, 0.3) is 11.3 Å². The zero-order valence-electron chi connectivity index (χ0n) is 19.4. The van der Waals surface area contributed by atoms with Crippen molar-refractivity contribution in [1.82, 2.24) is 4.90 Å². The Kier molecular flexibility index (Phi) is 7.53. The molecular weight excluding hydrogens is 512 g/mol. The highest BCUT2D eigenvalue weighted by Gasteiger charge is 2.39. The number of anilines is 1. The van der Waals surface area contributed by atoms with Crippen LogP contribution in [0, 0.1) is 0 Å². The molecule has 1 fully saturated rings. The molecule has 1 unspecified atom stereocenters. The largest absolute Gasteiger partial charge is 0.467 e. The van der Waals surface area contributed by atoms with Gasteiger partial charge in [0.1, 0.15) is 22.5 Å². The molecule has 1 saturated heterocycles. The van der Waals surface area contributed by atoms with Gasteiger partial charge < -0.3 is 14.2 Å². The quantitative estimate of drug-likeness (QED) is 0.220. The van der Waals surface area contributed by atoms with Crippen LogP contribution in [0.4, 0.5) is 5.69 Å². The standard InChI is InChI=1S/C27H21ClN4O4S/c28-19-7-4-6-18(14-19)23-12-11-21(36-23)16-29-31-27-32(17-22-10-5-13-35-22)26(34)24(37-27)15-25(33)30-20-8-2-1-3-9-20/h1-14,16,24H,15,17H2,(H,30,33)/b29-16+,31-27-. The highest BCUT2D eigenvalue weighted by atomic mass is 35.5. The normalized spacial score (nSPS) is 16.7. The summed E-state index contributed by atoms with van der Waals surface area (Å²) in [7, 11) is 0.